The molecule has 1 aliphatic rings. The van der Waals surface area contributed by atoms with Crippen LogP contribution in [0.4, 0.5) is 5.69 Å². The van der Waals surface area contributed by atoms with Crippen molar-refractivity contribution < 1.29 is 18.3 Å². The van der Waals surface area contributed by atoms with Crippen molar-refractivity contribution in [2.24, 2.45) is 5.92 Å². The molecule has 1 saturated heterocycles. The van der Waals surface area contributed by atoms with Crippen molar-refractivity contribution in [3.8, 4) is 0 Å². The third-order valence-corrected chi connectivity index (χ3v) is 4.97. The molecule has 2 rings (SSSR count). The van der Waals surface area contributed by atoms with Gasteiger partial charge in [-0.25, -0.2) is 13.1 Å². The number of carbonyl (C=O) groups is 1. The smallest absolute Gasteiger partial charge is 0.303 e. The zero-order chi connectivity index (χ0) is 15.5. The SMILES string of the molecule is CCCNS(=O)(=O)c1ccccc1N1CC(CC(=O)O)C1. The minimum Gasteiger partial charge on any atom is -0.481 e. The van der Waals surface area contributed by atoms with Crippen molar-refractivity contribution >= 4 is 21.7 Å². The Morgan fingerprint density at radius 1 is 1.38 bits per heavy atom. The number of para-hydroxylation sites is 1. The van der Waals surface area contributed by atoms with E-state index in [1.807, 2.05) is 11.8 Å². The Labute approximate surface area is 124 Å². The van der Waals surface area contributed by atoms with E-state index in [2.05, 4.69) is 4.72 Å². The van der Waals surface area contributed by atoms with Gasteiger partial charge in [0.2, 0.25) is 10.0 Å². The van der Waals surface area contributed by atoms with Gasteiger partial charge in [0.25, 0.3) is 0 Å². The second kappa shape index (κ2) is 6.44. The highest BCUT2D eigenvalue weighted by atomic mass is 32.2. The number of nitrogens with one attached hydrogen (secondary N) is 1. The fourth-order valence-corrected chi connectivity index (χ4v) is 3.76. The van der Waals surface area contributed by atoms with E-state index in [4.69, 9.17) is 5.11 Å². The van der Waals surface area contributed by atoms with Gasteiger partial charge < -0.3 is 10.0 Å². The summed E-state index contributed by atoms with van der Waals surface area (Å²) < 4.78 is 27.1. The summed E-state index contributed by atoms with van der Waals surface area (Å²) in [6.45, 7) is 3.46. The molecular formula is C14H20N2O4S. The van der Waals surface area contributed by atoms with Crippen LogP contribution in [0.1, 0.15) is 19.8 Å². The highest BCUT2D eigenvalue weighted by Gasteiger charge is 2.32. The maximum Gasteiger partial charge on any atom is 0.303 e. The van der Waals surface area contributed by atoms with Crippen molar-refractivity contribution in [1.82, 2.24) is 4.72 Å². The molecule has 1 aliphatic heterocycles. The Hall–Kier alpha value is -1.60. The number of carboxylic acid groups (broad SMARTS) is 1. The molecule has 0 atom stereocenters. The molecule has 7 heteroatoms. The first-order valence-corrected chi connectivity index (χ1v) is 8.47. The molecule has 2 N–H and O–H groups in total. The zero-order valence-corrected chi connectivity index (χ0v) is 12.8. The molecule has 21 heavy (non-hydrogen) atoms. The molecule has 1 heterocycles. The van der Waals surface area contributed by atoms with Gasteiger partial charge in [0, 0.05) is 25.6 Å². The third kappa shape index (κ3) is 3.74. The van der Waals surface area contributed by atoms with Gasteiger partial charge in [-0.1, -0.05) is 19.1 Å². The molecule has 0 amide bonds. The average molecular weight is 312 g/mol. The van der Waals surface area contributed by atoms with Gasteiger partial charge in [-0.15, -0.1) is 0 Å². The molecule has 0 aromatic heterocycles. The van der Waals surface area contributed by atoms with Gasteiger partial charge in [-0.05, 0) is 18.6 Å². The summed E-state index contributed by atoms with van der Waals surface area (Å²) in [4.78, 5) is 12.8. The van der Waals surface area contributed by atoms with Gasteiger partial charge in [0.05, 0.1) is 12.1 Å². The normalized spacial score (nSPS) is 15.8. The van der Waals surface area contributed by atoms with Crippen molar-refractivity contribution in [1.29, 1.82) is 0 Å². The summed E-state index contributed by atoms with van der Waals surface area (Å²) in [5.74, 6) is -0.730. The van der Waals surface area contributed by atoms with Crippen molar-refractivity contribution in [3.63, 3.8) is 0 Å². The number of nitrogens with zero attached hydrogens (tertiary/aromatic N) is 1. The number of benzene rings is 1. The summed E-state index contributed by atoms with van der Waals surface area (Å²) in [6.07, 6.45) is 0.852. The lowest BCUT2D eigenvalue weighted by atomic mass is 9.96. The van der Waals surface area contributed by atoms with Gasteiger partial charge in [-0.2, -0.15) is 0 Å². The summed E-state index contributed by atoms with van der Waals surface area (Å²) in [6, 6.07) is 6.83. The molecule has 0 unspecified atom stereocenters. The Bertz CT molecular complexity index is 609. The van der Waals surface area contributed by atoms with Crippen LogP contribution in [0.15, 0.2) is 29.2 Å². The highest BCUT2D eigenvalue weighted by molar-refractivity contribution is 7.89. The van der Waals surface area contributed by atoms with E-state index in [0.29, 0.717) is 25.3 Å². The molecule has 116 valence electrons. The van der Waals surface area contributed by atoms with E-state index >= 15 is 0 Å². The first kappa shape index (κ1) is 15.8. The van der Waals surface area contributed by atoms with Crippen LogP contribution in [-0.2, 0) is 14.8 Å². The molecule has 6 nitrogen and oxygen atoms in total. The largest absolute Gasteiger partial charge is 0.481 e. The van der Waals surface area contributed by atoms with Gasteiger partial charge >= 0.3 is 5.97 Å². The molecule has 0 bridgehead atoms. The second-order valence-electron chi connectivity index (χ2n) is 5.23. The van der Waals surface area contributed by atoms with Crippen molar-refractivity contribution in [2.45, 2.75) is 24.7 Å². The topological polar surface area (TPSA) is 86.7 Å². The first-order valence-electron chi connectivity index (χ1n) is 6.99. The number of sulfonamides is 1. The van der Waals surface area contributed by atoms with E-state index in [1.165, 1.54) is 0 Å². The molecule has 0 saturated carbocycles. The van der Waals surface area contributed by atoms with Gasteiger partial charge in [0.1, 0.15) is 4.90 Å². The van der Waals surface area contributed by atoms with Gasteiger partial charge in [0.15, 0.2) is 0 Å². The summed E-state index contributed by atoms with van der Waals surface area (Å²) in [5.41, 5.74) is 0.641. The average Bonchev–Trinajstić information content (AvgIpc) is 2.40. The predicted molar refractivity (Wildman–Crippen MR) is 79.9 cm³/mol. The lowest BCUT2D eigenvalue weighted by molar-refractivity contribution is -0.138. The standard InChI is InChI=1S/C14H20N2O4S/c1-2-7-15-21(19,20)13-6-4-3-5-12(13)16-9-11(10-16)8-14(17)18/h3-6,11,15H,2,7-10H2,1H3,(H,17,18). The number of carboxylic acids is 1. The molecule has 1 aromatic carbocycles. The number of anilines is 1. The molecule has 1 aromatic rings. The maximum atomic E-state index is 12.3. The van der Waals surface area contributed by atoms with Crippen LogP contribution in [0.25, 0.3) is 0 Å². The van der Waals surface area contributed by atoms with E-state index in [1.54, 1.807) is 24.3 Å². The molecule has 1 fully saturated rings. The molecule has 0 spiro atoms. The van der Waals surface area contributed by atoms with Crippen LogP contribution >= 0.6 is 0 Å². The number of rotatable bonds is 7. The highest BCUT2D eigenvalue weighted by Crippen LogP contribution is 2.31. The van der Waals surface area contributed by atoms with E-state index in [-0.39, 0.29) is 17.2 Å². The molecular weight excluding hydrogens is 292 g/mol. The Morgan fingerprint density at radius 3 is 2.67 bits per heavy atom. The zero-order valence-electron chi connectivity index (χ0n) is 11.9. The summed E-state index contributed by atoms with van der Waals surface area (Å²) in [7, 11) is -3.52. The second-order valence-corrected chi connectivity index (χ2v) is 6.97. The van der Waals surface area contributed by atoms with Crippen LogP contribution in [0.5, 0.6) is 0 Å². The van der Waals surface area contributed by atoms with E-state index in [9.17, 15) is 13.2 Å². The Balaban J connectivity index is 2.14. The fraction of sp³-hybridized carbons (Fsp3) is 0.500. The minimum atomic E-state index is -3.52. The maximum absolute atomic E-state index is 12.3. The molecule has 0 aliphatic carbocycles. The lowest BCUT2D eigenvalue weighted by Crippen LogP contribution is -2.48. The fourth-order valence-electron chi connectivity index (χ4n) is 2.40. The van der Waals surface area contributed by atoms with Crippen molar-refractivity contribution in [2.75, 3.05) is 24.5 Å². The van der Waals surface area contributed by atoms with Crippen LogP contribution in [0, 0.1) is 5.92 Å². The van der Waals surface area contributed by atoms with Gasteiger partial charge in [-0.3, -0.25) is 4.79 Å². The number of aliphatic carboxylic acids is 1. The van der Waals surface area contributed by atoms with E-state index < -0.39 is 16.0 Å². The Kier molecular flexibility index (Phi) is 4.84. The van der Waals surface area contributed by atoms with E-state index in [0.717, 1.165) is 6.42 Å². The van der Waals surface area contributed by atoms with Crippen LogP contribution in [0.3, 0.4) is 0 Å². The summed E-state index contributed by atoms with van der Waals surface area (Å²) in [5, 5.41) is 8.76. The lowest BCUT2D eigenvalue weighted by Gasteiger charge is -2.41. The van der Waals surface area contributed by atoms with Crippen LogP contribution < -0.4 is 9.62 Å². The number of hydrogen-bond donors (Lipinski definition) is 2. The monoisotopic (exact) mass is 312 g/mol. The predicted octanol–water partition coefficient (Wildman–Crippen LogP) is 1.29. The number of hydrogen-bond acceptors (Lipinski definition) is 4. The molecule has 0 radical (unpaired) electrons. The minimum absolute atomic E-state index is 0.0851. The summed E-state index contributed by atoms with van der Waals surface area (Å²) >= 11 is 0. The third-order valence-electron chi connectivity index (χ3n) is 3.46. The Morgan fingerprint density at radius 2 is 2.05 bits per heavy atom. The first-order chi connectivity index (χ1) is 9.94. The van der Waals surface area contributed by atoms with Crippen LogP contribution in [0.2, 0.25) is 0 Å². The van der Waals surface area contributed by atoms with Crippen molar-refractivity contribution in [3.05, 3.63) is 24.3 Å². The quantitative estimate of drug-likeness (QED) is 0.792. The van der Waals surface area contributed by atoms with Crippen LogP contribution in [-0.4, -0.2) is 39.1 Å².